The van der Waals surface area contributed by atoms with Crippen LogP contribution in [0.2, 0.25) is 0 Å². The smallest absolute Gasteiger partial charge is 0.305 e. The summed E-state index contributed by atoms with van der Waals surface area (Å²) in [5.74, 6) is -1.11. The molecule has 6 nitrogen and oxygen atoms in total. The molecule has 0 aromatic heterocycles. The van der Waals surface area contributed by atoms with Gasteiger partial charge in [-0.15, -0.1) is 0 Å². The van der Waals surface area contributed by atoms with Crippen LogP contribution in [0.15, 0.2) is 0 Å². The Labute approximate surface area is 101 Å². The number of carbonyl (C=O) groups excluding carboxylic acids is 1. The maximum absolute atomic E-state index is 11.7. The molecule has 0 aliphatic carbocycles. The van der Waals surface area contributed by atoms with Gasteiger partial charge >= 0.3 is 5.97 Å². The lowest BCUT2D eigenvalue weighted by Crippen LogP contribution is -2.40. The van der Waals surface area contributed by atoms with Crippen LogP contribution in [0.4, 0.5) is 0 Å². The lowest BCUT2D eigenvalue weighted by Gasteiger charge is -2.26. The molecule has 0 radical (unpaired) electrons. The Balaban J connectivity index is 4.02. The fourth-order valence-corrected chi connectivity index (χ4v) is 1.27. The Bertz CT molecular complexity index is 242. The molecule has 0 saturated carbocycles. The largest absolute Gasteiger partial charge is 0.481 e. The van der Waals surface area contributed by atoms with Crippen molar-refractivity contribution >= 4 is 11.9 Å². The standard InChI is InChI=1S/C11H21NO5/c1-9(2)12(5-4-11(14)15)10(13)8-17-7-6-16-3/h9H,4-8H2,1-3H3,(H,14,15). The molecule has 1 N–H and O–H groups in total. The third-order valence-electron chi connectivity index (χ3n) is 2.17. The van der Waals surface area contributed by atoms with E-state index >= 15 is 0 Å². The predicted octanol–water partition coefficient (Wildman–Crippen LogP) is 0.361. The molecule has 0 aliphatic heterocycles. The summed E-state index contributed by atoms with van der Waals surface area (Å²) >= 11 is 0. The van der Waals surface area contributed by atoms with E-state index in [0.29, 0.717) is 13.2 Å². The van der Waals surface area contributed by atoms with Crippen molar-refractivity contribution in [2.24, 2.45) is 0 Å². The number of carboxylic acids is 1. The van der Waals surface area contributed by atoms with Crippen LogP contribution in [0.25, 0.3) is 0 Å². The highest BCUT2D eigenvalue weighted by atomic mass is 16.5. The summed E-state index contributed by atoms with van der Waals surface area (Å²) in [6, 6.07) is -0.0344. The first-order chi connectivity index (χ1) is 7.99. The maximum Gasteiger partial charge on any atom is 0.305 e. The van der Waals surface area contributed by atoms with Gasteiger partial charge in [-0.1, -0.05) is 0 Å². The van der Waals surface area contributed by atoms with Gasteiger partial charge in [0, 0.05) is 19.7 Å². The molecule has 0 aromatic rings. The van der Waals surface area contributed by atoms with E-state index < -0.39 is 5.97 Å². The van der Waals surface area contributed by atoms with Gasteiger partial charge in [-0.3, -0.25) is 9.59 Å². The van der Waals surface area contributed by atoms with Crippen LogP contribution in [0, 0.1) is 0 Å². The van der Waals surface area contributed by atoms with Crippen molar-refractivity contribution < 1.29 is 24.2 Å². The molecule has 17 heavy (non-hydrogen) atoms. The van der Waals surface area contributed by atoms with E-state index in [1.165, 1.54) is 4.90 Å². The first-order valence-corrected chi connectivity index (χ1v) is 5.57. The molecule has 0 bridgehead atoms. The number of hydrogen-bond acceptors (Lipinski definition) is 4. The Kier molecular flexibility index (Phi) is 8.35. The van der Waals surface area contributed by atoms with E-state index in [2.05, 4.69) is 0 Å². The second-order valence-electron chi connectivity index (χ2n) is 3.87. The molecule has 0 aliphatic rings. The summed E-state index contributed by atoms with van der Waals surface area (Å²) in [5, 5.41) is 8.59. The second-order valence-corrected chi connectivity index (χ2v) is 3.87. The van der Waals surface area contributed by atoms with Crippen molar-refractivity contribution in [2.75, 3.05) is 33.5 Å². The van der Waals surface area contributed by atoms with Gasteiger partial charge in [-0.25, -0.2) is 0 Å². The number of carboxylic acid groups (broad SMARTS) is 1. The van der Waals surface area contributed by atoms with Crippen molar-refractivity contribution in [3.05, 3.63) is 0 Å². The molecule has 6 heteroatoms. The number of nitrogens with zero attached hydrogens (tertiary/aromatic N) is 1. The van der Waals surface area contributed by atoms with E-state index in [9.17, 15) is 9.59 Å². The number of carbonyl (C=O) groups is 2. The third kappa shape index (κ3) is 7.70. The van der Waals surface area contributed by atoms with Gasteiger partial charge in [-0.05, 0) is 13.8 Å². The van der Waals surface area contributed by atoms with Crippen molar-refractivity contribution in [1.82, 2.24) is 4.90 Å². The number of hydrogen-bond donors (Lipinski definition) is 1. The van der Waals surface area contributed by atoms with E-state index in [1.54, 1.807) is 7.11 Å². The van der Waals surface area contributed by atoms with Crippen LogP contribution >= 0.6 is 0 Å². The van der Waals surface area contributed by atoms with E-state index in [0.717, 1.165) is 0 Å². The fourth-order valence-electron chi connectivity index (χ4n) is 1.27. The minimum Gasteiger partial charge on any atom is -0.481 e. The molecule has 0 heterocycles. The zero-order valence-corrected chi connectivity index (χ0v) is 10.6. The first kappa shape index (κ1) is 15.9. The molecule has 0 spiro atoms. The molecule has 0 aromatic carbocycles. The maximum atomic E-state index is 11.7. The zero-order valence-electron chi connectivity index (χ0n) is 10.6. The van der Waals surface area contributed by atoms with E-state index in [-0.39, 0.29) is 31.5 Å². The third-order valence-corrected chi connectivity index (χ3v) is 2.17. The topological polar surface area (TPSA) is 76.1 Å². The molecule has 0 saturated heterocycles. The van der Waals surface area contributed by atoms with Crippen molar-refractivity contribution in [3.63, 3.8) is 0 Å². The lowest BCUT2D eigenvalue weighted by atomic mass is 10.3. The van der Waals surface area contributed by atoms with Gasteiger partial charge in [0.2, 0.25) is 5.91 Å². The molecular weight excluding hydrogens is 226 g/mol. The van der Waals surface area contributed by atoms with Gasteiger partial charge in [0.1, 0.15) is 6.61 Å². The summed E-state index contributed by atoms with van der Waals surface area (Å²) in [6.07, 6.45) is -0.0536. The second kappa shape index (κ2) is 8.95. The van der Waals surface area contributed by atoms with Crippen LogP contribution < -0.4 is 0 Å². The number of methoxy groups -OCH3 is 1. The quantitative estimate of drug-likeness (QED) is 0.595. The SMILES string of the molecule is COCCOCC(=O)N(CCC(=O)O)C(C)C. The minimum atomic E-state index is -0.913. The summed E-state index contributed by atoms with van der Waals surface area (Å²) in [4.78, 5) is 23.7. The number of amides is 1. The number of aliphatic carboxylic acids is 1. The van der Waals surface area contributed by atoms with Crippen LogP contribution in [0.5, 0.6) is 0 Å². The van der Waals surface area contributed by atoms with Crippen molar-refractivity contribution in [3.8, 4) is 0 Å². The lowest BCUT2D eigenvalue weighted by molar-refractivity contribution is -0.141. The normalized spacial score (nSPS) is 10.6. The highest BCUT2D eigenvalue weighted by Gasteiger charge is 2.17. The van der Waals surface area contributed by atoms with E-state index in [4.69, 9.17) is 14.6 Å². The molecular formula is C11H21NO5. The summed E-state index contributed by atoms with van der Waals surface area (Å²) in [7, 11) is 1.55. The average Bonchev–Trinajstić information content (AvgIpc) is 2.23. The summed E-state index contributed by atoms with van der Waals surface area (Å²) in [6.45, 7) is 4.64. The Hall–Kier alpha value is -1.14. The first-order valence-electron chi connectivity index (χ1n) is 5.57. The van der Waals surface area contributed by atoms with Crippen LogP contribution in [0.3, 0.4) is 0 Å². The highest BCUT2D eigenvalue weighted by Crippen LogP contribution is 2.01. The van der Waals surface area contributed by atoms with Crippen LogP contribution in [-0.2, 0) is 19.1 Å². The van der Waals surface area contributed by atoms with Gasteiger partial charge in [0.05, 0.1) is 19.6 Å². The molecule has 0 atom stereocenters. The van der Waals surface area contributed by atoms with Crippen LogP contribution in [-0.4, -0.2) is 61.4 Å². The number of rotatable bonds is 9. The summed E-state index contributed by atoms with van der Waals surface area (Å²) in [5.41, 5.74) is 0. The Morgan fingerprint density at radius 1 is 1.29 bits per heavy atom. The molecule has 1 amide bonds. The summed E-state index contributed by atoms with van der Waals surface area (Å²) < 4.78 is 9.89. The number of ether oxygens (including phenoxy) is 2. The van der Waals surface area contributed by atoms with Crippen molar-refractivity contribution in [1.29, 1.82) is 0 Å². The van der Waals surface area contributed by atoms with Gasteiger partial charge < -0.3 is 19.5 Å². The monoisotopic (exact) mass is 247 g/mol. The van der Waals surface area contributed by atoms with E-state index in [1.807, 2.05) is 13.8 Å². The molecule has 0 rings (SSSR count). The Morgan fingerprint density at radius 3 is 2.41 bits per heavy atom. The van der Waals surface area contributed by atoms with Gasteiger partial charge in [0.25, 0.3) is 0 Å². The van der Waals surface area contributed by atoms with Crippen molar-refractivity contribution in [2.45, 2.75) is 26.3 Å². The van der Waals surface area contributed by atoms with Crippen LogP contribution in [0.1, 0.15) is 20.3 Å². The minimum absolute atomic E-state index is 0.0344. The predicted molar refractivity (Wildman–Crippen MR) is 61.8 cm³/mol. The van der Waals surface area contributed by atoms with Gasteiger partial charge in [-0.2, -0.15) is 0 Å². The fraction of sp³-hybridized carbons (Fsp3) is 0.818. The highest BCUT2D eigenvalue weighted by molar-refractivity contribution is 5.78. The molecule has 100 valence electrons. The average molecular weight is 247 g/mol. The zero-order chi connectivity index (χ0) is 13.3. The Morgan fingerprint density at radius 2 is 1.94 bits per heavy atom. The van der Waals surface area contributed by atoms with Gasteiger partial charge in [0.15, 0.2) is 0 Å². The molecule has 0 unspecified atom stereocenters. The molecule has 0 fully saturated rings.